The molecule has 6 nitrogen and oxygen atoms in total. The summed E-state index contributed by atoms with van der Waals surface area (Å²) in [6.07, 6.45) is 5.94. The number of halogens is 1. The largest absolute Gasteiger partial charge is 0.364 e. The molecule has 1 amide bonds. The molecule has 0 aromatic heterocycles. The summed E-state index contributed by atoms with van der Waals surface area (Å²) in [4.78, 5) is 20.9. The molecule has 7 heteroatoms. The Bertz CT molecular complexity index is 681. The van der Waals surface area contributed by atoms with Crippen LogP contribution in [0.2, 0.25) is 0 Å². The SMILES string of the molecule is CCNC(=NCc1ccc(N2CC=CC2)cc1)NC1CCN(C(=O)CC)C1.I. The van der Waals surface area contributed by atoms with Crippen LogP contribution in [0.1, 0.15) is 32.3 Å². The number of hydrogen-bond donors (Lipinski definition) is 2. The second-order valence-corrected chi connectivity index (χ2v) is 7.06. The lowest BCUT2D eigenvalue weighted by molar-refractivity contribution is -0.129. The van der Waals surface area contributed by atoms with Gasteiger partial charge in [-0.15, -0.1) is 24.0 Å². The highest BCUT2D eigenvalue weighted by Crippen LogP contribution is 2.18. The second-order valence-electron chi connectivity index (χ2n) is 7.06. The highest BCUT2D eigenvalue weighted by atomic mass is 127. The highest BCUT2D eigenvalue weighted by molar-refractivity contribution is 14.0. The third-order valence-electron chi connectivity index (χ3n) is 5.07. The standard InChI is InChI=1S/C21H31N5O.HI/c1-3-20(27)26-14-11-18(16-26)24-21(22-4-2)23-15-17-7-9-19(10-8-17)25-12-5-6-13-25;/h5-10,18H,3-4,11-16H2,1-2H3,(H2,22,23,24);1H. The van der Waals surface area contributed by atoms with Gasteiger partial charge < -0.3 is 20.4 Å². The van der Waals surface area contributed by atoms with E-state index in [2.05, 4.69) is 58.9 Å². The number of likely N-dealkylation sites (tertiary alicyclic amines) is 1. The first-order chi connectivity index (χ1) is 13.2. The fourth-order valence-corrected chi connectivity index (χ4v) is 3.51. The van der Waals surface area contributed by atoms with E-state index in [9.17, 15) is 4.79 Å². The molecule has 2 aliphatic rings. The lowest BCUT2D eigenvalue weighted by atomic mass is 10.2. The third kappa shape index (κ3) is 6.12. The molecule has 0 saturated carbocycles. The number of carbonyl (C=O) groups excluding carboxylic acids is 1. The normalized spacial score (nSPS) is 18.9. The quantitative estimate of drug-likeness (QED) is 0.275. The molecule has 1 aromatic carbocycles. The Hall–Kier alpha value is -1.77. The van der Waals surface area contributed by atoms with Crippen molar-refractivity contribution in [1.29, 1.82) is 0 Å². The summed E-state index contributed by atoms with van der Waals surface area (Å²) >= 11 is 0. The molecule has 3 rings (SSSR count). The maximum Gasteiger partial charge on any atom is 0.222 e. The minimum Gasteiger partial charge on any atom is -0.364 e. The van der Waals surface area contributed by atoms with E-state index in [0.29, 0.717) is 13.0 Å². The van der Waals surface area contributed by atoms with Crippen molar-refractivity contribution in [2.24, 2.45) is 4.99 Å². The molecule has 154 valence electrons. The van der Waals surface area contributed by atoms with Gasteiger partial charge in [-0.25, -0.2) is 4.99 Å². The van der Waals surface area contributed by atoms with E-state index < -0.39 is 0 Å². The molecular weight excluding hydrogens is 465 g/mol. The van der Waals surface area contributed by atoms with Gasteiger partial charge in [-0.3, -0.25) is 4.79 Å². The molecule has 28 heavy (non-hydrogen) atoms. The van der Waals surface area contributed by atoms with Crippen LogP contribution in [-0.4, -0.2) is 55.5 Å². The molecule has 1 aromatic rings. The van der Waals surface area contributed by atoms with Crippen molar-refractivity contribution in [3.8, 4) is 0 Å². The molecule has 0 radical (unpaired) electrons. The maximum absolute atomic E-state index is 11.8. The Morgan fingerprint density at radius 3 is 2.54 bits per heavy atom. The Kier molecular flexibility index (Phi) is 9.08. The fourth-order valence-electron chi connectivity index (χ4n) is 3.51. The summed E-state index contributed by atoms with van der Waals surface area (Å²) in [6, 6.07) is 8.91. The number of hydrogen-bond acceptors (Lipinski definition) is 3. The van der Waals surface area contributed by atoms with Gasteiger partial charge in [0.15, 0.2) is 5.96 Å². The van der Waals surface area contributed by atoms with E-state index in [0.717, 1.165) is 45.1 Å². The molecule has 1 fully saturated rings. The van der Waals surface area contributed by atoms with Crippen LogP contribution in [0.3, 0.4) is 0 Å². The molecule has 0 bridgehead atoms. The second kappa shape index (κ2) is 11.3. The number of aliphatic imine (C=N–C) groups is 1. The van der Waals surface area contributed by atoms with Gasteiger partial charge in [0.1, 0.15) is 0 Å². The first-order valence-corrected chi connectivity index (χ1v) is 10.0. The molecule has 2 aliphatic heterocycles. The Morgan fingerprint density at radius 2 is 1.89 bits per heavy atom. The lowest BCUT2D eigenvalue weighted by Crippen LogP contribution is -2.45. The molecule has 1 unspecified atom stereocenters. The summed E-state index contributed by atoms with van der Waals surface area (Å²) in [6.45, 7) is 9.01. The van der Waals surface area contributed by atoms with Crippen LogP contribution < -0.4 is 15.5 Å². The van der Waals surface area contributed by atoms with Crippen molar-refractivity contribution in [2.75, 3.05) is 37.6 Å². The Morgan fingerprint density at radius 1 is 1.18 bits per heavy atom. The van der Waals surface area contributed by atoms with Gasteiger partial charge in [0.2, 0.25) is 5.91 Å². The van der Waals surface area contributed by atoms with Crippen molar-refractivity contribution < 1.29 is 4.79 Å². The summed E-state index contributed by atoms with van der Waals surface area (Å²) in [5, 5.41) is 6.79. The molecule has 1 saturated heterocycles. The van der Waals surface area contributed by atoms with Gasteiger partial charge in [-0.05, 0) is 31.0 Å². The monoisotopic (exact) mass is 497 g/mol. The van der Waals surface area contributed by atoms with Crippen LogP contribution in [0.15, 0.2) is 41.4 Å². The minimum atomic E-state index is 0. The summed E-state index contributed by atoms with van der Waals surface area (Å²) in [7, 11) is 0. The van der Waals surface area contributed by atoms with Gasteiger partial charge in [0.05, 0.1) is 6.54 Å². The van der Waals surface area contributed by atoms with Gasteiger partial charge in [0, 0.05) is 50.9 Å². The van der Waals surface area contributed by atoms with E-state index in [1.165, 1.54) is 11.3 Å². The average molecular weight is 497 g/mol. The molecule has 0 spiro atoms. The van der Waals surface area contributed by atoms with Crippen molar-refractivity contribution >= 4 is 41.5 Å². The zero-order valence-electron chi connectivity index (χ0n) is 16.9. The van der Waals surface area contributed by atoms with Crippen molar-refractivity contribution in [2.45, 2.75) is 39.3 Å². The predicted molar refractivity (Wildman–Crippen MR) is 126 cm³/mol. The van der Waals surface area contributed by atoms with Crippen molar-refractivity contribution in [1.82, 2.24) is 15.5 Å². The Balaban J connectivity index is 0.00000280. The fraction of sp³-hybridized carbons (Fsp3) is 0.524. The van der Waals surface area contributed by atoms with E-state index in [4.69, 9.17) is 4.99 Å². The maximum atomic E-state index is 11.8. The molecular formula is C21H32IN5O. The zero-order valence-corrected chi connectivity index (χ0v) is 19.2. The Labute approximate surface area is 185 Å². The number of rotatable bonds is 6. The highest BCUT2D eigenvalue weighted by Gasteiger charge is 2.25. The average Bonchev–Trinajstić information content (AvgIpc) is 3.38. The zero-order chi connectivity index (χ0) is 19.1. The van der Waals surface area contributed by atoms with Crippen LogP contribution in [-0.2, 0) is 11.3 Å². The third-order valence-corrected chi connectivity index (χ3v) is 5.07. The number of nitrogens with zero attached hydrogens (tertiary/aromatic N) is 3. The van der Waals surface area contributed by atoms with Crippen molar-refractivity contribution in [3.05, 3.63) is 42.0 Å². The summed E-state index contributed by atoms with van der Waals surface area (Å²) in [5.74, 6) is 1.05. The number of nitrogens with one attached hydrogen (secondary N) is 2. The molecule has 0 aliphatic carbocycles. The number of guanidine groups is 1. The predicted octanol–water partition coefficient (Wildman–Crippen LogP) is 2.75. The van der Waals surface area contributed by atoms with Gasteiger partial charge >= 0.3 is 0 Å². The van der Waals surface area contributed by atoms with Crippen LogP contribution >= 0.6 is 24.0 Å². The number of amides is 1. The van der Waals surface area contributed by atoms with Gasteiger partial charge in [0.25, 0.3) is 0 Å². The van der Waals surface area contributed by atoms with Crippen LogP contribution in [0.4, 0.5) is 5.69 Å². The minimum absolute atomic E-state index is 0. The van der Waals surface area contributed by atoms with Gasteiger partial charge in [-0.2, -0.15) is 0 Å². The van der Waals surface area contributed by atoms with Crippen LogP contribution in [0.25, 0.3) is 0 Å². The van der Waals surface area contributed by atoms with Crippen LogP contribution in [0.5, 0.6) is 0 Å². The van der Waals surface area contributed by atoms with Crippen LogP contribution in [0, 0.1) is 0 Å². The lowest BCUT2D eigenvalue weighted by Gasteiger charge is -2.19. The summed E-state index contributed by atoms with van der Waals surface area (Å²) < 4.78 is 0. The first-order valence-electron chi connectivity index (χ1n) is 10.0. The molecule has 1 atom stereocenters. The van der Waals surface area contributed by atoms with E-state index in [-0.39, 0.29) is 35.9 Å². The number of anilines is 1. The number of benzene rings is 1. The van der Waals surface area contributed by atoms with E-state index >= 15 is 0 Å². The topological polar surface area (TPSA) is 60.0 Å². The van der Waals surface area contributed by atoms with Crippen molar-refractivity contribution in [3.63, 3.8) is 0 Å². The van der Waals surface area contributed by atoms with E-state index in [1.54, 1.807) is 0 Å². The number of carbonyl (C=O) groups is 1. The summed E-state index contributed by atoms with van der Waals surface area (Å²) in [5.41, 5.74) is 2.45. The first kappa shape index (κ1) is 22.5. The van der Waals surface area contributed by atoms with E-state index in [1.807, 2.05) is 11.8 Å². The van der Waals surface area contributed by atoms with Gasteiger partial charge in [-0.1, -0.05) is 31.2 Å². The molecule has 2 heterocycles. The molecule has 2 N–H and O–H groups in total. The smallest absolute Gasteiger partial charge is 0.222 e.